The molecule has 0 spiro atoms. The van der Waals surface area contributed by atoms with Crippen molar-refractivity contribution in [3.63, 3.8) is 0 Å². The van der Waals surface area contributed by atoms with E-state index in [2.05, 4.69) is 10.4 Å². The number of ether oxygens (including phenoxy) is 1. The van der Waals surface area contributed by atoms with Crippen LogP contribution < -0.4 is 15.0 Å². The number of aryl methyl sites for hydroxylation is 1. The van der Waals surface area contributed by atoms with Crippen LogP contribution in [0.3, 0.4) is 0 Å². The van der Waals surface area contributed by atoms with Crippen molar-refractivity contribution in [3.05, 3.63) is 71.5 Å². The Morgan fingerprint density at radius 3 is 2.68 bits per heavy atom. The lowest BCUT2D eigenvalue weighted by molar-refractivity contribution is -0.126. The normalized spacial score (nSPS) is 15.9. The highest BCUT2D eigenvalue weighted by molar-refractivity contribution is 6.00. The third-order valence-electron chi connectivity index (χ3n) is 5.79. The number of hydrogen-bond donors (Lipinski definition) is 1. The van der Waals surface area contributed by atoms with Gasteiger partial charge in [0.2, 0.25) is 11.8 Å². The summed E-state index contributed by atoms with van der Waals surface area (Å²) in [5.74, 6) is 0.276. The van der Waals surface area contributed by atoms with Crippen molar-refractivity contribution in [1.82, 2.24) is 15.1 Å². The first kappa shape index (κ1) is 20.7. The zero-order valence-corrected chi connectivity index (χ0v) is 18.0. The number of nitrogens with one attached hydrogen (secondary N) is 1. The van der Waals surface area contributed by atoms with Gasteiger partial charge in [0.25, 0.3) is 0 Å². The van der Waals surface area contributed by atoms with Gasteiger partial charge >= 0.3 is 0 Å². The topological polar surface area (TPSA) is 76.5 Å². The van der Waals surface area contributed by atoms with Crippen LogP contribution in [0.5, 0.6) is 5.75 Å². The lowest BCUT2D eigenvalue weighted by Crippen LogP contribution is -2.33. The lowest BCUT2D eigenvalue weighted by atomic mass is 10.1. The van der Waals surface area contributed by atoms with Crippen LogP contribution >= 0.6 is 0 Å². The van der Waals surface area contributed by atoms with E-state index in [-0.39, 0.29) is 24.2 Å². The van der Waals surface area contributed by atoms with Gasteiger partial charge in [-0.15, -0.1) is 0 Å². The van der Waals surface area contributed by atoms with Gasteiger partial charge < -0.3 is 15.0 Å². The average Bonchev–Trinajstić information content (AvgIpc) is 3.41. The standard InChI is InChI=1S/C24H26N4O3/c1-16-5-4-6-22(17(16)2)27-15-18(13-23(27)29)24(30)25-14-19-11-12-28(26-19)20-7-9-21(31-3)10-8-20/h4-12,18H,13-15H2,1-3H3,(H,25,30). The van der Waals surface area contributed by atoms with E-state index in [1.165, 1.54) is 0 Å². The summed E-state index contributed by atoms with van der Waals surface area (Å²) >= 11 is 0. The van der Waals surface area contributed by atoms with Crippen LogP contribution in [0.2, 0.25) is 0 Å². The van der Waals surface area contributed by atoms with Crippen molar-refractivity contribution in [2.24, 2.45) is 5.92 Å². The van der Waals surface area contributed by atoms with Crippen molar-refractivity contribution < 1.29 is 14.3 Å². The van der Waals surface area contributed by atoms with Crippen LogP contribution in [0.25, 0.3) is 5.69 Å². The third kappa shape index (κ3) is 4.30. The van der Waals surface area contributed by atoms with Gasteiger partial charge in [-0.3, -0.25) is 9.59 Å². The van der Waals surface area contributed by atoms with Crippen molar-refractivity contribution in [2.45, 2.75) is 26.8 Å². The number of hydrogen-bond acceptors (Lipinski definition) is 4. The Balaban J connectivity index is 1.36. The summed E-state index contributed by atoms with van der Waals surface area (Å²) in [6, 6.07) is 15.3. The fourth-order valence-electron chi connectivity index (χ4n) is 3.80. The zero-order chi connectivity index (χ0) is 22.0. The molecular formula is C24H26N4O3. The molecule has 1 atom stereocenters. The predicted molar refractivity (Wildman–Crippen MR) is 118 cm³/mol. The summed E-state index contributed by atoms with van der Waals surface area (Å²) < 4.78 is 6.93. The molecule has 2 aromatic carbocycles. The Morgan fingerprint density at radius 2 is 1.94 bits per heavy atom. The smallest absolute Gasteiger partial charge is 0.227 e. The SMILES string of the molecule is COc1ccc(-n2ccc(CNC(=O)C3CC(=O)N(c4cccc(C)c4C)C3)n2)cc1. The molecule has 0 saturated carbocycles. The van der Waals surface area contributed by atoms with Gasteiger partial charge in [0.15, 0.2) is 0 Å². The van der Waals surface area contributed by atoms with Crippen molar-refractivity contribution >= 4 is 17.5 Å². The first-order chi connectivity index (χ1) is 15.0. The second-order valence-electron chi connectivity index (χ2n) is 7.79. The number of carbonyl (C=O) groups excluding carboxylic acids is 2. The molecule has 2 amide bonds. The molecular weight excluding hydrogens is 392 g/mol. The van der Waals surface area contributed by atoms with Gasteiger partial charge in [0, 0.05) is 24.8 Å². The fourth-order valence-corrected chi connectivity index (χ4v) is 3.80. The second kappa shape index (κ2) is 8.63. The highest BCUT2D eigenvalue weighted by Gasteiger charge is 2.35. The third-order valence-corrected chi connectivity index (χ3v) is 5.79. The first-order valence-electron chi connectivity index (χ1n) is 10.3. The van der Waals surface area contributed by atoms with Crippen LogP contribution in [0.1, 0.15) is 23.2 Å². The van der Waals surface area contributed by atoms with E-state index in [1.807, 2.05) is 68.6 Å². The monoisotopic (exact) mass is 418 g/mol. The Kier molecular flexibility index (Phi) is 5.75. The fraction of sp³-hybridized carbons (Fsp3) is 0.292. The summed E-state index contributed by atoms with van der Waals surface area (Å²) in [6.07, 6.45) is 2.07. The summed E-state index contributed by atoms with van der Waals surface area (Å²) in [6.45, 7) is 4.74. The molecule has 1 N–H and O–H groups in total. The van der Waals surface area contributed by atoms with Gasteiger partial charge in [-0.05, 0) is 61.4 Å². The molecule has 7 heteroatoms. The maximum Gasteiger partial charge on any atom is 0.227 e. The Hall–Kier alpha value is -3.61. The maximum atomic E-state index is 12.7. The number of aromatic nitrogens is 2. The quantitative estimate of drug-likeness (QED) is 0.667. The van der Waals surface area contributed by atoms with Gasteiger partial charge in [-0.2, -0.15) is 5.10 Å². The minimum atomic E-state index is -0.365. The number of benzene rings is 2. The molecule has 4 rings (SSSR count). The molecule has 3 aromatic rings. The number of amides is 2. The van der Waals surface area contributed by atoms with E-state index in [1.54, 1.807) is 16.7 Å². The Labute approximate surface area is 181 Å². The Morgan fingerprint density at radius 1 is 1.16 bits per heavy atom. The Bertz CT molecular complexity index is 1100. The van der Waals surface area contributed by atoms with Crippen LogP contribution in [0, 0.1) is 19.8 Å². The van der Waals surface area contributed by atoms with E-state index in [0.29, 0.717) is 13.1 Å². The average molecular weight is 418 g/mol. The van der Waals surface area contributed by atoms with Crippen molar-refractivity contribution in [3.8, 4) is 11.4 Å². The molecule has 160 valence electrons. The van der Waals surface area contributed by atoms with E-state index in [9.17, 15) is 9.59 Å². The van der Waals surface area contributed by atoms with Crippen LogP contribution in [-0.4, -0.2) is 35.2 Å². The van der Waals surface area contributed by atoms with Crippen LogP contribution in [0.4, 0.5) is 5.69 Å². The number of anilines is 1. The summed E-state index contributed by atoms with van der Waals surface area (Å²) in [4.78, 5) is 27.0. The van der Waals surface area contributed by atoms with E-state index in [4.69, 9.17) is 4.74 Å². The molecule has 1 fully saturated rings. The molecule has 1 aliphatic heterocycles. The largest absolute Gasteiger partial charge is 0.497 e. The first-order valence-corrected chi connectivity index (χ1v) is 10.3. The van der Waals surface area contributed by atoms with Crippen molar-refractivity contribution in [1.29, 1.82) is 0 Å². The molecule has 0 radical (unpaired) electrons. The van der Waals surface area contributed by atoms with Crippen LogP contribution in [-0.2, 0) is 16.1 Å². The molecule has 1 saturated heterocycles. The summed E-state index contributed by atoms with van der Waals surface area (Å²) in [5, 5.41) is 7.45. The number of carbonyl (C=O) groups is 2. The lowest BCUT2D eigenvalue weighted by Gasteiger charge is -2.20. The van der Waals surface area contributed by atoms with E-state index in [0.717, 1.165) is 33.9 Å². The summed E-state index contributed by atoms with van der Waals surface area (Å²) in [7, 11) is 1.63. The van der Waals surface area contributed by atoms with Gasteiger partial charge in [-0.25, -0.2) is 4.68 Å². The molecule has 0 bridgehead atoms. The van der Waals surface area contributed by atoms with E-state index < -0.39 is 0 Å². The second-order valence-corrected chi connectivity index (χ2v) is 7.79. The van der Waals surface area contributed by atoms with Gasteiger partial charge in [0.05, 0.1) is 31.0 Å². The molecule has 0 aliphatic carbocycles. The molecule has 31 heavy (non-hydrogen) atoms. The molecule has 7 nitrogen and oxygen atoms in total. The number of methoxy groups -OCH3 is 1. The highest BCUT2D eigenvalue weighted by atomic mass is 16.5. The van der Waals surface area contributed by atoms with E-state index >= 15 is 0 Å². The predicted octanol–water partition coefficient (Wildman–Crippen LogP) is 3.17. The number of rotatable bonds is 6. The summed E-state index contributed by atoms with van der Waals surface area (Å²) in [5.41, 5.74) is 4.74. The molecule has 2 heterocycles. The minimum Gasteiger partial charge on any atom is -0.497 e. The maximum absolute atomic E-state index is 12.7. The van der Waals surface area contributed by atoms with Gasteiger partial charge in [0.1, 0.15) is 5.75 Å². The molecule has 1 aromatic heterocycles. The zero-order valence-electron chi connectivity index (χ0n) is 18.0. The minimum absolute atomic E-state index is 0.0161. The highest BCUT2D eigenvalue weighted by Crippen LogP contribution is 2.29. The number of nitrogens with zero attached hydrogens (tertiary/aromatic N) is 3. The molecule has 1 aliphatic rings. The van der Waals surface area contributed by atoms with Gasteiger partial charge in [-0.1, -0.05) is 12.1 Å². The molecule has 1 unspecified atom stereocenters. The van der Waals surface area contributed by atoms with Crippen LogP contribution in [0.15, 0.2) is 54.7 Å². The van der Waals surface area contributed by atoms with Crippen molar-refractivity contribution in [2.75, 3.05) is 18.6 Å².